The normalized spacial score (nSPS) is 11.2. The van der Waals surface area contributed by atoms with E-state index >= 15 is 0 Å². The summed E-state index contributed by atoms with van der Waals surface area (Å²) in [5, 5.41) is 2.98. The molecular weight excluding hydrogens is 300 g/mol. The van der Waals surface area contributed by atoms with E-state index in [0.29, 0.717) is 12.1 Å². The van der Waals surface area contributed by atoms with Gasteiger partial charge in [-0.3, -0.25) is 4.79 Å². The highest BCUT2D eigenvalue weighted by Gasteiger charge is 2.16. The lowest BCUT2D eigenvalue weighted by molar-refractivity contribution is 0.0952. The maximum Gasteiger partial charge on any atom is 0.253 e. The molecule has 0 unspecified atom stereocenters. The van der Waals surface area contributed by atoms with Crippen LogP contribution in [-0.4, -0.2) is 47.5 Å². The van der Waals surface area contributed by atoms with Crippen molar-refractivity contribution in [2.75, 3.05) is 27.2 Å². The van der Waals surface area contributed by atoms with E-state index < -0.39 is 0 Å². The number of amides is 1. The Kier molecular flexibility index (Phi) is 4.62. The predicted molar refractivity (Wildman–Crippen MR) is 97.0 cm³/mol. The zero-order chi connectivity index (χ0) is 17.1. The number of carbonyl (C=O) groups excluding carboxylic acids is 1. The van der Waals surface area contributed by atoms with Crippen molar-refractivity contribution in [2.24, 2.45) is 7.05 Å². The fourth-order valence-electron chi connectivity index (χ4n) is 2.79. The van der Waals surface area contributed by atoms with E-state index in [4.69, 9.17) is 4.98 Å². The van der Waals surface area contributed by atoms with Gasteiger partial charge in [-0.05, 0) is 26.2 Å². The van der Waals surface area contributed by atoms with Crippen LogP contribution in [0.5, 0.6) is 0 Å². The van der Waals surface area contributed by atoms with Gasteiger partial charge in [-0.2, -0.15) is 0 Å². The average molecular weight is 322 g/mol. The highest BCUT2D eigenvalue weighted by Crippen LogP contribution is 2.25. The zero-order valence-electron chi connectivity index (χ0n) is 14.3. The van der Waals surface area contributed by atoms with Gasteiger partial charge < -0.3 is 14.8 Å². The van der Waals surface area contributed by atoms with E-state index in [9.17, 15) is 4.79 Å². The quantitative estimate of drug-likeness (QED) is 0.785. The summed E-state index contributed by atoms with van der Waals surface area (Å²) >= 11 is 0. The molecule has 0 fully saturated rings. The third-order valence-electron chi connectivity index (χ3n) is 4.02. The first-order valence-electron chi connectivity index (χ1n) is 8.01. The lowest BCUT2D eigenvalue weighted by atomic mass is 10.1. The number of rotatable bonds is 5. The van der Waals surface area contributed by atoms with Crippen LogP contribution in [-0.2, 0) is 7.05 Å². The van der Waals surface area contributed by atoms with Crippen LogP contribution >= 0.6 is 0 Å². The van der Waals surface area contributed by atoms with Crippen LogP contribution in [0.15, 0.2) is 48.5 Å². The zero-order valence-corrected chi connectivity index (χ0v) is 14.3. The molecule has 1 heterocycles. The molecule has 0 saturated heterocycles. The Hall–Kier alpha value is -2.66. The Morgan fingerprint density at radius 3 is 2.58 bits per heavy atom. The molecule has 0 aliphatic rings. The molecule has 0 bridgehead atoms. The number of fused-ring (bicyclic) bond motifs is 1. The molecule has 0 atom stereocenters. The number of benzene rings is 2. The number of hydrogen-bond donors (Lipinski definition) is 1. The van der Waals surface area contributed by atoms with Gasteiger partial charge in [0.25, 0.3) is 5.91 Å². The van der Waals surface area contributed by atoms with Gasteiger partial charge in [0.2, 0.25) is 0 Å². The van der Waals surface area contributed by atoms with Crippen LogP contribution in [0, 0.1) is 0 Å². The number of aryl methyl sites for hydroxylation is 1. The van der Waals surface area contributed by atoms with Crippen molar-refractivity contribution in [1.82, 2.24) is 19.8 Å². The minimum Gasteiger partial charge on any atom is -0.351 e. The van der Waals surface area contributed by atoms with E-state index in [2.05, 4.69) is 5.32 Å². The lowest BCUT2D eigenvalue weighted by Gasteiger charge is -2.11. The summed E-state index contributed by atoms with van der Waals surface area (Å²) in [6, 6.07) is 15.7. The third-order valence-corrected chi connectivity index (χ3v) is 4.02. The van der Waals surface area contributed by atoms with Crippen molar-refractivity contribution in [3.63, 3.8) is 0 Å². The summed E-state index contributed by atoms with van der Waals surface area (Å²) < 4.78 is 1.99. The molecule has 5 nitrogen and oxygen atoms in total. The second kappa shape index (κ2) is 6.84. The van der Waals surface area contributed by atoms with E-state index in [1.807, 2.05) is 79.1 Å². The summed E-state index contributed by atoms with van der Waals surface area (Å²) in [7, 11) is 5.93. The number of nitrogens with zero attached hydrogens (tertiary/aromatic N) is 3. The fourth-order valence-corrected chi connectivity index (χ4v) is 2.79. The van der Waals surface area contributed by atoms with Crippen LogP contribution in [0.2, 0.25) is 0 Å². The van der Waals surface area contributed by atoms with Gasteiger partial charge in [0.05, 0.1) is 16.6 Å². The first-order valence-corrected chi connectivity index (χ1v) is 8.01. The summed E-state index contributed by atoms with van der Waals surface area (Å²) in [6.07, 6.45) is 0. The fraction of sp³-hybridized carbons (Fsp3) is 0.263. The Morgan fingerprint density at radius 2 is 1.88 bits per heavy atom. The number of carbonyl (C=O) groups is 1. The van der Waals surface area contributed by atoms with E-state index in [1.54, 1.807) is 0 Å². The van der Waals surface area contributed by atoms with Crippen LogP contribution in [0.1, 0.15) is 10.4 Å². The maximum atomic E-state index is 12.6. The minimum atomic E-state index is -0.0648. The molecular formula is C19H22N4O. The van der Waals surface area contributed by atoms with Crippen LogP contribution in [0.25, 0.3) is 22.4 Å². The SMILES string of the molecule is CN(C)CCNC(=O)c1cccc2nc(-c3ccccc3)n(C)c12. The van der Waals surface area contributed by atoms with Crippen molar-refractivity contribution in [1.29, 1.82) is 0 Å². The van der Waals surface area contributed by atoms with Gasteiger partial charge in [0.1, 0.15) is 5.82 Å². The number of aromatic nitrogens is 2. The first kappa shape index (κ1) is 16.2. The smallest absolute Gasteiger partial charge is 0.253 e. The first-order chi connectivity index (χ1) is 11.6. The number of likely N-dealkylation sites (N-methyl/N-ethyl adjacent to an activating group) is 1. The van der Waals surface area contributed by atoms with Crippen LogP contribution in [0.4, 0.5) is 0 Å². The molecule has 0 aliphatic heterocycles. The van der Waals surface area contributed by atoms with Gasteiger partial charge >= 0.3 is 0 Å². The van der Waals surface area contributed by atoms with Crippen LogP contribution < -0.4 is 5.32 Å². The van der Waals surface area contributed by atoms with Crippen molar-refractivity contribution in [3.8, 4) is 11.4 Å². The lowest BCUT2D eigenvalue weighted by Crippen LogP contribution is -2.31. The molecule has 3 rings (SSSR count). The molecule has 0 spiro atoms. The highest BCUT2D eigenvalue weighted by molar-refractivity contribution is 6.05. The molecule has 1 amide bonds. The van der Waals surface area contributed by atoms with E-state index in [0.717, 1.165) is 29.0 Å². The Bertz CT molecular complexity index is 852. The molecule has 5 heteroatoms. The topological polar surface area (TPSA) is 50.2 Å². The summed E-state index contributed by atoms with van der Waals surface area (Å²) in [6.45, 7) is 1.42. The Labute approximate surface area is 141 Å². The summed E-state index contributed by atoms with van der Waals surface area (Å²) in [4.78, 5) is 19.3. The van der Waals surface area contributed by atoms with Crippen molar-refractivity contribution in [2.45, 2.75) is 0 Å². The standard InChI is InChI=1S/C19H22N4O/c1-22(2)13-12-20-19(24)15-10-7-11-16-17(15)23(3)18(21-16)14-8-5-4-6-9-14/h4-11H,12-13H2,1-3H3,(H,20,24). The minimum absolute atomic E-state index is 0.0648. The molecule has 3 aromatic rings. The number of imidazole rings is 1. The Morgan fingerprint density at radius 1 is 1.12 bits per heavy atom. The molecule has 124 valence electrons. The van der Waals surface area contributed by atoms with Gasteiger partial charge in [-0.15, -0.1) is 0 Å². The molecule has 0 radical (unpaired) electrons. The molecule has 1 N–H and O–H groups in total. The van der Waals surface area contributed by atoms with Gasteiger partial charge in [0, 0.05) is 25.7 Å². The largest absolute Gasteiger partial charge is 0.351 e. The molecule has 0 saturated carbocycles. The number of hydrogen-bond acceptors (Lipinski definition) is 3. The highest BCUT2D eigenvalue weighted by atomic mass is 16.1. The molecule has 1 aromatic heterocycles. The second-order valence-electron chi connectivity index (χ2n) is 6.09. The van der Waals surface area contributed by atoms with Gasteiger partial charge in [-0.1, -0.05) is 36.4 Å². The number of nitrogens with one attached hydrogen (secondary N) is 1. The van der Waals surface area contributed by atoms with Crippen LogP contribution in [0.3, 0.4) is 0 Å². The van der Waals surface area contributed by atoms with Crippen molar-refractivity contribution >= 4 is 16.9 Å². The monoisotopic (exact) mass is 322 g/mol. The van der Waals surface area contributed by atoms with Gasteiger partial charge in [0.15, 0.2) is 0 Å². The van der Waals surface area contributed by atoms with Gasteiger partial charge in [-0.25, -0.2) is 4.98 Å². The molecule has 0 aliphatic carbocycles. The number of para-hydroxylation sites is 1. The third kappa shape index (κ3) is 3.16. The predicted octanol–water partition coefficient (Wildman–Crippen LogP) is 2.53. The maximum absolute atomic E-state index is 12.6. The average Bonchev–Trinajstić information content (AvgIpc) is 2.92. The van der Waals surface area contributed by atoms with Crippen molar-refractivity contribution in [3.05, 3.63) is 54.1 Å². The molecule has 24 heavy (non-hydrogen) atoms. The molecule has 2 aromatic carbocycles. The van der Waals surface area contributed by atoms with E-state index in [1.165, 1.54) is 0 Å². The van der Waals surface area contributed by atoms with E-state index in [-0.39, 0.29) is 5.91 Å². The van der Waals surface area contributed by atoms with Crippen molar-refractivity contribution < 1.29 is 4.79 Å². The summed E-state index contributed by atoms with van der Waals surface area (Å²) in [5.74, 6) is 0.796. The Balaban J connectivity index is 1.98. The summed E-state index contributed by atoms with van der Waals surface area (Å²) in [5.41, 5.74) is 3.38. The second-order valence-corrected chi connectivity index (χ2v) is 6.09.